The van der Waals surface area contributed by atoms with Gasteiger partial charge in [0.15, 0.2) is 11.5 Å². The number of anilines is 1. The van der Waals surface area contributed by atoms with Gasteiger partial charge in [-0.2, -0.15) is 5.10 Å². The SMILES string of the molecule is Cn1cc(C(=O)Nc2ccc(Oc3ccc(-n4cccn4)nn3)cc2)nn1. The highest BCUT2D eigenvalue weighted by Crippen LogP contribution is 2.21. The van der Waals surface area contributed by atoms with Crippen molar-refractivity contribution in [2.24, 2.45) is 7.05 Å². The molecule has 0 spiro atoms. The lowest BCUT2D eigenvalue weighted by Gasteiger charge is -2.07. The highest BCUT2D eigenvalue weighted by Gasteiger charge is 2.10. The van der Waals surface area contributed by atoms with Crippen molar-refractivity contribution in [2.75, 3.05) is 5.32 Å². The van der Waals surface area contributed by atoms with Gasteiger partial charge in [0.1, 0.15) is 5.75 Å². The van der Waals surface area contributed by atoms with Crippen molar-refractivity contribution in [1.82, 2.24) is 35.0 Å². The third-order valence-corrected chi connectivity index (χ3v) is 3.54. The molecule has 1 N–H and O–H groups in total. The van der Waals surface area contributed by atoms with Crippen LogP contribution in [0.3, 0.4) is 0 Å². The van der Waals surface area contributed by atoms with E-state index in [1.54, 1.807) is 72.8 Å². The Balaban J connectivity index is 1.39. The van der Waals surface area contributed by atoms with Crippen LogP contribution in [0.5, 0.6) is 11.6 Å². The first-order chi connectivity index (χ1) is 13.2. The molecule has 4 aromatic rings. The fraction of sp³-hybridized carbons (Fsp3) is 0.0588. The largest absolute Gasteiger partial charge is 0.438 e. The third-order valence-electron chi connectivity index (χ3n) is 3.54. The zero-order valence-electron chi connectivity index (χ0n) is 14.2. The van der Waals surface area contributed by atoms with Gasteiger partial charge in [0, 0.05) is 31.2 Å². The van der Waals surface area contributed by atoms with E-state index in [9.17, 15) is 4.79 Å². The van der Waals surface area contributed by atoms with Crippen molar-refractivity contribution >= 4 is 11.6 Å². The molecule has 0 fully saturated rings. The lowest BCUT2D eigenvalue weighted by Crippen LogP contribution is -2.12. The molecule has 10 heteroatoms. The van der Waals surface area contributed by atoms with Gasteiger partial charge in [0.2, 0.25) is 5.88 Å². The summed E-state index contributed by atoms with van der Waals surface area (Å²) in [5.74, 6) is 1.17. The first-order valence-electron chi connectivity index (χ1n) is 7.97. The van der Waals surface area contributed by atoms with Crippen LogP contribution in [0, 0.1) is 0 Å². The smallest absolute Gasteiger partial charge is 0.277 e. The molecule has 4 rings (SSSR count). The maximum absolute atomic E-state index is 12.0. The first kappa shape index (κ1) is 16.4. The molecule has 0 bridgehead atoms. The standard InChI is InChI=1S/C17H14N8O2/c1-24-11-14(20-23-24)17(26)19-12-3-5-13(6-4-12)27-16-8-7-15(21-22-16)25-10-2-9-18-25/h2-11H,1H3,(H,19,26). The van der Waals surface area contributed by atoms with Crippen LogP contribution in [0.1, 0.15) is 10.5 Å². The highest BCUT2D eigenvalue weighted by molar-refractivity contribution is 6.02. The summed E-state index contributed by atoms with van der Waals surface area (Å²) in [5.41, 5.74) is 0.850. The number of nitrogens with zero attached hydrogens (tertiary/aromatic N) is 7. The van der Waals surface area contributed by atoms with E-state index < -0.39 is 0 Å². The predicted octanol–water partition coefficient (Wildman–Crippen LogP) is 1.84. The Kier molecular flexibility index (Phi) is 4.27. The minimum atomic E-state index is -0.336. The van der Waals surface area contributed by atoms with Gasteiger partial charge in [-0.25, -0.2) is 4.68 Å². The molecule has 134 valence electrons. The molecule has 0 aliphatic carbocycles. The van der Waals surface area contributed by atoms with Gasteiger partial charge in [0.25, 0.3) is 5.91 Å². The molecular formula is C17H14N8O2. The highest BCUT2D eigenvalue weighted by atomic mass is 16.5. The van der Waals surface area contributed by atoms with Gasteiger partial charge in [-0.05, 0) is 36.4 Å². The summed E-state index contributed by atoms with van der Waals surface area (Å²) < 4.78 is 8.72. The van der Waals surface area contributed by atoms with Crippen LogP contribution in [0.15, 0.2) is 61.1 Å². The number of carbonyl (C=O) groups excluding carboxylic acids is 1. The molecular weight excluding hydrogens is 348 g/mol. The molecule has 3 aromatic heterocycles. The van der Waals surface area contributed by atoms with Gasteiger partial charge in [-0.1, -0.05) is 5.21 Å². The fourth-order valence-corrected chi connectivity index (χ4v) is 2.27. The van der Waals surface area contributed by atoms with Crippen molar-refractivity contribution in [3.8, 4) is 17.4 Å². The van der Waals surface area contributed by atoms with Crippen molar-refractivity contribution < 1.29 is 9.53 Å². The number of nitrogens with one attached hydrogen (secondary N) is 1. The Morgan fingerprint density at radius 3 is 2.56 bits per heavy atom. The van der Waals surface area contributed by atoms with E-state index in [1.807, 2.05) is 0 Å². The predicted molar refractivity (Wildman–Crippen MR) is 94.6 cm³/mol. The molecule has 0 radical (unpaired) electrons. The third kappa shape index (κ3) is 3.79. The quantitative estimate of drug-likeness (QED) is 0.576. The summed E-state index contributed by atoms with van der Waals surface area (Å²) in [7, 11) is 1.69. The average Bonchev–Trinajstić information content (AvgIpc) is 3.36. The van der Waals surface area contributed by atoms with Crippen LogP contribution < -0.4 is 10.1 Å². The number of aromatic nitrogens is 7. The molecule has 0 aliphatic rings. The number of carbonyl (C=O) groups is 1. The summed E-state index contributed by atoms with van der Waals surface area (Å²) in [6.07, 6.45) is 4.98. The Hall–Kier alpha value is -4.08. The summed E-state index contributed by atoms with van der Waals surface area (Å²) in [6.45, 7) is 0. The topological polar surface area (TPSA) is 113 Å². The molecule has 1 aromatic carbocycles. The molecule has 0 saturated carbocycles. The number of hydrogen-bond acceptors (Lipinski definition) is 7. The van der Waals surface area contributed by atoms with E-state index in [-0.39, 0.29) is 11.6 Å². The van der Waals surface area contributed by atoms with Gasteiger partial charge < -0.3 is 10.1 Å². The second-order valence-corrected chi connectivity index (χ2v) is 5.54. The van der Waals surface area contributed by atoms with Crippen LogP contribution in [-0.4, -0.2) is 40.9 Å². The second kappa shape index (κ2) is 7.04. The Bertz CT molecular complexity index is 1040. The molecule has 10 nitrogen and oxygen atoms in total. The zero-order valence-corrected chi connectivity index (χ0v) is 14.2. The molecule has 0 aliphatic heterocycles. The summed E-state index contributed by atoms with van der Waals surface area (Å²) in [5, 5.41) is 22.4. The zero-order chi connectivity index (χ0) is 18.6. The van der Waals surface area contributed by atoms with Crippen LogP contribution >= 0.6 is 0 Å². The van der Waals surface area contributed by atoms with Gasteiger partial charge >= 0.3 is 0 Å². The van der Waals surface area contributed by atoms with Gasteiger partial charge in [-0.15, -0.1) is 15.3 Å². The van der Waals surface area contributed by atoms with E-state index in [1.165, 1.54) is 4.68 Å². The van der Waals surface area contributed by atoms with Crippen LogP contribution in [-0.2, 0) is 7.05 Å². The Labute approximate surface area is 153 Å². The molecule has 27 heavy (non-hydrogen) atoms. The monoisotopic (exact) mass is 362 g/mol. The average molecular weight is 362 g/mol. The molecule has 0 unspecified atom stereocenters. The summed E-state index contributed by atoms with van der Waals surface area (Å²) in [6, 6.07) is 12.1. The van der Waals surface area contributed by atoms with Gasteiger partial charge in [-0.3, -0.25) is 9.48 Å². The number of amides is 1. The summed E-state index contributed by atoms with van der Waals surface area (Å²) in [4.78, 5) is 12.0. The Morgan fingerprint density at radius 2 is 1.93 bits per heavy atom. The van der Waals surface area contributed by atoms with Crippen LogP contribution in [0.25, 0.3) is 5.82 Å². The number of benzene rings is 1. The molecule has 3 heterocycles. The van der Waals surface area contributed by atoms with E-state index in [4.69, 9.17) is 4.74 Å². The maximum atomic E-state index is 12.0. The summed E-state index contributed by atoms with van der Waals surface area (Å²) >= 11 is 0. The lowest BCUT2D eigenvalue weighted by atomic mass is 10.3. The number of ether oxygens (including phenoxy) is 1. The molecule has 0 atom stereocenters. The van der Waals surface area contributed by atoms with Crippen LogP contribution in [0.4, 0.5) is 5.69 Å². The molecule has 0 saturated heterocycles. The minimum absolute atomic E-state index is 0.241. The molecule has 1 amide bonds. The van der Waals surface area contributed by atoms with Crippen molar-refractivity contribution in [3.05, 3.63) is 66.7 Å². The maximum Gasteiger partial charge on any atom is 0.277 e. The number of aryl methyl sites for hydroxylation is 1. The normalized spacial score (nSPS) is 10.6. The van der Waals surface area contributed by atoms with Crippen molar-refractivity contribution in [3.63, 3.8) is 0 Å². The minimum Gasteiger partial charge on any atom is -0.438 e. The van der Waals surface area contributed by atoms with Crippen LogP contribution in [0.2, 0.25) is 0 Å². The number of rotatable bonds is 5. The van der Waals surface area contributed by atoms with E-state index in [0.29, 0.717) is 23.1 Å². The Morgan fingerprint density at radius 1 is 1.07 bits per heavy atom. The number of hydrogen-bond donors (Lipinski definition) is 1. The lowest BCUT2D eigenvalue weighted by molar-refractivity contribution is 0.102. The van der Waals surface area contributed by atoms with Gasteiger partial charge in [0.05, 0.1) is 6.20 Å². The van der Waals surface area contributed by atoms with E-state index in [2.05, 4.69) is 30.9 Å². The van der Waals surface area contributed by atoms with Crippen molar-refractivity contribution in [1.29, 1.82) is 0 Å². The van der Waals surface area contributed by atoms with E-state index in [0.717, 1.165) is 0 Å². The van der Waals surface area contributed by atoms with Crippen molar-refractivity contribution in [2.45, 2.75) is 0 Å². The first-order valence-corrected chi connectivity index (χ1v) is 7.97. The van der Waals surface area contributed by atoms with E-state index >= 15 is 0 Å². The second-order valence-electron chi connectivity index (χ2n) is 5.54. The fourth-order valence-electron chi connectivity index (χ4n) is 2.27.